The van der Waals surface area contributed by atoms with Gasteiger partial charge in [-0.1, -0.05) is 17.7 Å². The summed E-state index contributed by atoms with van der Waals surface area (Å²) in [6.45, 7) is 3.81. The first-order chi connectivity index (χ1) is 12.4. The van der Waals surface area contributed by atoms with Crippen LogP contribution >= 0.6 is 11.6 Å². The van der Waals surface area contributed by atoms with Crippen LogP contribution in [-0.4, -0.2) is 15.7 Å². The predicted molar refractivity (Wildman–Crippen MR) is 101 cm³/mol. The van der Waals surface area contributed by atoms with E-state index in [1.165, 1.54) is 12.1 Å². The molecule has 0 radical (unpaired) electrons. The second-order valence-corrected chi connectivity index (χ2v) is 6.61. The Kier molecular flexibility index (Phi) is 3.89. The molecule has 4 nitrogen and oxygen atoms in total. The lowest BCUT2D eigenvalue weighted by molar-refractivity contribution is -0.110. The molecule has 26 heavy (non-hydrogen) atoms. The minimum absolute atomic E-state index is 0.171. The van der Waals surface area contributed by atoms with Crippen molar-refractivity contribution in [3.8, 4) is 5.69 Å². The molecule has 1 N–H and O–H groups in total. The van der Waals surface area contributed by atoms with Crippen molar-refractivity contribution in [1.82, 2.24) is 9.78 Å². The quantitative estimate of drug-likeness (QED) is 0.663. The fraction of sp³-hybridized carbons (Fsp3) is 0.100. The standard InChI is InChI=1S/C20H15ClFN3O/c1-11-17(12(2)25(24-11)15-6-4-14(22)5-7-15)10-18-16-8-3-13(21)9-19(16)23-20(18)26/h3-10H,1-2H3,(H,23,26). The largest absolute Gasteiger partial charge is 0.321 e. The number of nitrogens with zero attached hydrogens (tertiary/aromatic N) is 2. The highest BCUT2D eigenvalue weighted by Crippen LogP contribution is 2.35. The summed E-state index contributed by atoms with van der Waals surface area (Å²) in [5.41, 5.74) is 5.37. The van der Waals surface area contributed by atoms with Crippen LogP contribution in [0.2, 0.25) is 5.02 Å². The minimum atomic E-state index is -0.296. The van der Waals surface area contributed by atoms with E-state index < -0.39 is 0 Å². The van der Waals surface area contributed by atoms with Crippen LogP contribution in [0.3, 0.4) is 0 Å². The fourth-order valence-corrected chi connectivity index (χ4v) is 3.32. The SMILES string of the molecule is Cc1nn(-c2ccc(F)cc2)c(C)c1C=C1C(=O)Nc2cc(Cl)ccc21. The lowest BCUT2D eigenvalue weighted by Gasteiger charge is -2.04. The molecule has 0 atom stereocenters. The molecule has 0 spiro atoms. The van der Waals surface area contributed by atoms with Gasteiger partial charge < -0.3 is 5.32 Å². The normalized spacial score (nSPS) is 14.6. The van der Waals surface area contributed by atoms with Crippen LogP contribution in [0, 0.1) is 19.7 Å². The number of carbonyl (C=O) groups excluding carboxylic acids is 1. The van der Waals surface area contributed by atoms with Gasteiger partial charge in [0.2, 0.25) is 0 Å². The van der Waals surface area contributed by atoms with Crippen molar-refractivity contribution in [3.05, 3.63) is 75.8 Å². The number of anilines is 1. The van der Waals surface area contributed by atoms with Crippen LogP contribution in [-0.2, 0) is 4.79 Å². The van der Waals surface area contributed by atoms with E-state index in [0.29, 0.717) is 16.3 Å². The number of hydrogen-bond acceptors (Lipinski definition) is 2. The van der Waals surface area contributed by atoms with Gasteiger partial charge in [0.25, 0.3) is 5.91 Å². The molecule has 0 fully saturated rings. The number of rotatable bonds is 2. The number of fused-ring (bicyclic) bond motifs is 1. The summed E-state index contributed by atoms with van der Waals surface area (Å²) in [4.78, 5) is 12.4. The second-order valence-electron chi connectivity index (χ2n) is 6.17. The van der Waals surface area contributed by atoms with E-state index in [0.717, 1.165) is 28.2 Å². The molecule has 0 bridgehead atoms. The van der Waals surface area contributed by atoms with Crippen LogP contribution in [0.4, 0.5) is 10.1 Å². The Bertz CT molecular complexity index is 1070. The highest BCUT2D eigenvalue weighted by atomic mass is 35.5. The number of nitrogens with one attached hydrogen (secondary N) is 1. The Balaban J connectivity index is 1.82. The lowest BCUT2D eigenvalue weighted by Crippen LogP contribution is -2.03. The summed E-state index contributed by atoms with van der Waals surface area (Å²) < 4.78 is 14.9. The van der Waals surface area contributed by atoms with Crippen LogP contribution in [0.1, 0.15) is 22.5 Å². The van der Waals surface area contributed by atoms with Crippen molar-refractivity contribution in [1.29, 1.82) is 0 Å². The van der Waals surface area contributed by atoms with Gasteiger partial charge in [0.05, 0.1) is 17.1 Å². The molecule has 130 valence electrons. The van der Waals surface area contributed by atoms with E-state index in [-0.39, 0.29) is 11.7 Å². The van der Waals surface area contributed by atoms with Gasteiger partial charge in [-0.25, -0.2) is 9.07 Å². The highest BCUT2D eigenvalue weighted by molar-refractivity contribution is 6.36. The van der Waals surface area contributed by atoms with Gasteiger partial charge in [0.15, 0.2) is 0 Å². The van der Waals surface area contributed by atoms with E-state index in [1.54, 1.807) is 28.9 Å². The number of carbonyl (C=O) groups is 1. The second kappa shape index (κ2) is 6.11. The first kappa shape index (κ1) is 16.5. The molecule has 1 aliphatic heterocycles. The summed E-state index contributed by atoms with van der Waals surface area (Å²) in [6.07, 6.45) is 1.84. The average molecular weight is 368 g/mol. The van der Waals surface area contributed by atoms with Crippen molar-refractivity contribution in [2.45, 2.75) is 13.8 Å². The number of aromatic nitrogens is 2. The lowest BCUT2D eigenvalue weighted by atomic mass is 10.0. The molecule has 0 unspecified atom stereocenters. The van der Waals surface area contributed by atoms with Gasteiger partial charge >= 0.3 is 0 Å². The molecule has 2 heterocycles. The molecule has 1 amide bonds. The fourth-order valence-electron chi connectivity index (χ4n) is 3.15. The summed E-state index contributed by atoms with van der Waals surface area (Å²) in [5.74, 6) is -0.467. The molecule has 2 aromatic carbocycles. The Morgan fingerprint density at radius 3 is 2.62 bits per heavy atom. The Morgan fingerprint density at radius 1 is 1.15 bits per heavy atom. The molecule has 6 heteroatoms. The monoisotopic (exact) mass is 367 g/mol. The minimum Gasteiger partial charge on any atom is -0.321 e. The van der Waals surface area contributed by atoms with Crippen molar-refractivity contribution >= 4 is 34.8 Å². The number of halogens is 2. The van der Waals surface area contributed by atoms with Crippen LogP contribution in [0.25, 0.3) is 17.3 Å². The third-order valence-electron chi connectivity index (χ3n) is 4.47. The van der Waals surface area contributed by atoms with E-state index in [1.807, 2.05) is 26.0 Å². The van der Waals surface area contributed by atoms with Gasteiger partial charge in [-0.05, 0) is 56.3 Å². The third kappa shape index (κ3) is 2.70. The van der Waals surface area contributed by atoms with E-state index >= 15 is 0 Å². The number of aryl methyl sites for hydroxylation is 1. The van der Waals surface area contributed by atoms with Crippen LogP contribution < -0.4 is 5.32 Å². The zero-order valence-corrected chi connectivity index (χ0v) is 14.9. The van der Waals surface area contributed by atoms with E-state index in [9.17, 15) is 9.18 Å². The average Bonchev–Trinajstić information content (AvgIpc) is 3.06. The molecular formula is C20H15ClFN3O. The number of amides is 1. The molecule has 3 aromatic rings. The first-order valence-electron chi connectivity index (χ1n) is 8.09. The van der Waals surface area contributed by atoms with Crippen molar-refractivity contribution < 1.29 is 9.18 Å². The highest BCUT2D eigenvalue weighted by Gasteiger charge is 2.25. The first-order valence-corrected chi connectivity index (χ1v) is 8.47. The van der Waals surface area contributed by atoms with Gasteiger partial charge in [-0.2, -0.15) is 5.10 Å². The van der Waals surface area contributed by atoms with Gasteiger partial charge in [-0.15, -0.1) is 0 Å². The van der Waals surface area contributed by atoms with Crippen molar-refractivity contribution in [2.75, 3.05) is 5.32 Å². The van der Waals surface area contributed by atoms with Gasteiger partial charge in [0.1, 0.15) is 5.82 Å². The maximum Gasteiger partial charge on any atom is 0.256 e. The summed E-state index contributed by atoms with van der Waals surface area (Å²) in [7, 11) is 0. The zero-order valence-electron chi connectivity index (χ0n) is 14.2. The van der Waals surface area contributed by atoms with E-state index in [4.69, 9.17) is 11.6 Å². The molecule has 0 saturated heterocycles. The summed E-state index contributed by atoms with van der Waals surface area (Å²) in [6, 6.07) is 11.5. The van der Waals surface area contributed by atoms with Crippen molar-refractivity contribution in [2.24, 2.45) is 0 Å². The van der Waals surface area contributed by atoms with E-state index in [2.05, 4.69) is 10.4 Å². The number of benzene rings is 2. The van der Waals surface area contributed by atoms with Gasteiger partial charge in [0, 0.05) is 27.4 Å². The zero-order chi connectivity index (χ0) is 18.4. The maximum atomic E-state index is 13.2. The number of hydrogen-bond donors (Lipinski definition) is 1. The Hall–Kier alpha value is -2.92. The molecule has 1 aromatic heterocycles. The van der Waals surface area contributed by atoms with Crippen molar-refractivity contribution in [3.63, 3.8) is 0 Å². The van der Waals surface area contributed by atoms with Crippen LogP contribution in [0.5, 0.6) is 0 Å². The molecule has 0 aliphatic carbocycles. The maximum absolute atomic E-state index is 13.2. The molecule has 4 rings (SSSR count). The third-order valence-corrected chi connectivity index (χ3v) is 4.71. The van der Waals surface area contributed by atoms with Gasteiger partial charge in [-0.3, -0.25) is 4.79 Å². The van der Waals surface area contributed by atoms with Crippen LogP contribution in [0.15, 0.2) is 42.5 Å². The summed E-state index contributed by atoms with van der Waals surface area (Å²) >= 11 is 6.00. The predicted octanol–water partition coefficient (Wildman–Crippen LogP) is 4.77. The summed E-state index contributed by atoms with van der Waals surface area (Å²) in [5, 5.41) is 7.95. The Morgan fingerprint density at radius 2 is 1.88 bits per heavy atom. The Labute approximate surface area is 154 Å². The molecule has 0 saturated carbocycles. The smallest absolute Gasteiger partial charge is 0.256 e. The molecular weight excluding hydrogens is 353 g/mol. The topological polar surface area (TPSA) is 46.9 Å². The molecule has 1 aliphatic rings.